The Labute approximate surface area is 115 Å². The van der Waals surface area contributed by atoms with Gasteiger partial charge in [-0.25, -0.2) is 0 Å². The zero-order valence-electron chi connectivity index (χ0n) is 11.3. The van der Waals surface area contributed by atoms with Crippen molar-refractivity contribution in [3.05, 3.63) is 71.8 Å². The van der Waals surface area contributed by atoms with Crippen molar-refractivity contribution >= 4 is 0 Å². The van der Waals surface area contributed by atoms with Crippen molar-refractivity contribution in [1.82, 2.24) is 5.32 Å². The number of hydrogen-bond donors (Lipinski definition) is 1. The fraction of sp³-hybridized carbons (Fsp3) is 0.333. The molecule has 0 saturated carbocycles. The van der Waals surface area contributed by atoms with Gasteiger partial charge in [0.05, 0.1) is 0 Å². The minimum atomic E-state index is 0.589. The molecular weight excluding hydrogens is 230 g/mol. The minimum Gasteiger partial charge on any atom is -0.316 e. The number of hydrogen-bond acceptors (Lipinski definition) is 1. The summed E-state index contributed by atoms with van der Waals surface area (Å²) in [6, 6.07) is 22.0. The van der Waals surface area contributed by atoms with Gasteiger partial charge in [-0.1, -0.05) is 60.7 Å². The lowest BCUT2D eigenvalue weighted by Gasteiger charge is -2.26. The van der Waals surface area contributed by atoms with Gasteiger partial charge >= 0.3 is 0 Å². The SMILES string of the molecule is c1ccc(C2CCCNCC2c2ccccc2)cc1. The monoisotopic (exact) mass is 251 g/mol. The Morgan fingerprint density at radius 2 is 1.32 bits per heavy atom. The lowest BCUT2D eigenvalue weighted by molar-refractivity contribution is 0.527. The van der Waals surface area contributed by atoms with Crippen molar-refractivity contribution in [2.24, 2.45) is 0 Å². The minimum absolute atomic E-state index is 0.589. The van der Waals surface area contributed by atoms with E-state index in [9.17, 15) is 0 Å². The predicted octanol–water partition coefficient (Wildman–Crippen LogP) is 3.94. The number of benzene rings is 2. The van der Waals surface area contributed by atoms with Gasteiger partial charge in [0.2, 0.25) is 0 Å². The van der Waals surface area contributed by atoms with Crippen LogP contribution in [0.15, 0.2) is 60.7 Å². The average Bonchev–Trinajstić information content (AvgIpc) is 2.75. The molecule has 1 heterocycles. The summed E-state index contributed by atoms with van der Waals surface area (Å²) in [4.78, 5) is 0. The Bertz CT molecular complexity index is 444. The first kappa shape index (κ1) is 12.4. The Kier molecular flexibility index (Phi) is 3.95. The summed E-state index contributed by atoms with van der Waals surface area (Å²) in [6.45, 7) is 2.23. The first-order chi connectivity index (χ1) is 9.45. The molecule has 1 aliphatic heterocycles. The van der Waals surface area contributed by atoms with E-state index in [0.717, 1.165) is 13.1 Å². The molecule has 2 atom stereocenters. The van der Waals surface area contributed by atoms with Gasteiger partial charge < -0.3 is 5.32 Å². The topological polar surface area (TPSA) is 12.0 Å². The third-order valence-corrected chi connectivity index (χ3v) is 4.17. The van der Waals surface area contributed by atoms with Crippen LogP contribution in [0.25, 0.3) is 0 Å². The molecule has 1 saturated heterocycles. The third kappa shape index (κ3) is 2.87. The van der Waals surface area contributed by atoms with Crippen LogP contribution in [-0.4, -0.2) is 13.1 Å². The van der Waals surface area contributed by atoms with Crippen molar-refractivity contribution < 1.29 is 0 Å². The first-order valence-electron chi connectivity index (χ1n) is 7.26. The fourth-order valence-electron chi connectivity index (χ4n) is 3.20. The highest BCUT2D eigenvalue weighted by Gasteiger charge is 2.25. The summed E-state index contributed by atoms with van der Waals surface area (Å²) in [5.41, 5.74) is 2.95. The molecule has 19 heavy (non-hydrogen) atoms. The lowest BCUT2D eigenvalue weighted by Crippen LogP contribution is -2.22. The van der Waals surface area contributed by atoms with Crippen molar-refractivity contribution in [3.8, 4) is 0 Å². The predicted molar refractivity (Wildman–Crippen MR) is 80.5 cm³/mol. The Balaban J connectivity index is 1.94. The molecule has 1 aliphatic rings. The molecule has 1 nitrogen and oxygen atoms in total. The molecule has 1 N–H and O–H groups in total. The molecule has 2 aromatic rings. The van der Waals surface area contributed by atoms with Crippen LogP contribution in [0.4, 0.5) is 0 Å². The molecule has 0 radical (unpaired) electrons. The summed E-state index contributed by atoms with van der Waals surface area (Å²) in [5.74, 6) is 1.23. The molecule has 0 aromatic heterocycles. The fourth-order valence-corrected chi connectivity index (χ4v) is 3.20. The quantitative estimate of drug-likeness (QED) is 0.852. The summed E-state index contributed by atoms with van der Waals surface area (Å²) < 4.78 is 0. The van der Waals surface area contributed by atoms with Crippen molar-refractivity contribution in [1.29, 1.82) is 0 Å². The van der Waals surface area contributed by atoms with Gasteiger partial charge in [-0.15, -0.1) is 0 Å². The van der Waals surface area contributed by atoms with Crippen LogP contribution in [0, 0.1) is 0 Å². The third-order valence-electron chi connectivity index (χ3n) is 4.17. The molecular formula is C18H21N. The van der Waals surface area contributed by atoms with E-state index in [1.54, 1.807) is 0 Å². The molecule has 0 bridgehead atoms. The molecule has 3 rings (SSSR count). The van der Waals surface area contributed by atoms with Gasteiger partial charge in [-0.05, 0) is 36.4 Å². The highest BCUT2D eigenvalue weighted by molar-refractivity contribution is 5.29. The summed E-state index contributed by atoms with van der Waals surface area (Å²) in [6.07, 6.45) is 2.54. The van der Waals surface area contributed by atoms with Gasteiger partial charge in [0.15, 0.2) is 0 Å². The van der Waals surface area contributed by atoms with E-state index in [0.29, 0.717) is 11.8 Å². The van der Waals surface area contributed by atoms with Crippen LogP contribution in [0.5, 0.6) is 0 Å². The molecule has 0 amide bonds. The van der Waals surface area contributed by atoms with Gasteiger partial charge in [0, 0.05) is 12.5 Å². The van der Waals surface area contributed by atoms with Gasteiger partial charge in [0.25, 0.3) is 0 Å². The van der Waals surface area contributed by atoms with Crippen LogP contribution in [-0.2, 0) is 0 Å². The van der Waals surface area contributed by atoms with Crippen LogP contribution >= 0.6 is 0 Å². The van der Waals surface area contributed by atoms with Gasteiger partial charge in [0.1, 0.15) is 0 Å². The standard InChI is InChI=1S/C18H21N/c1-3-8-15(9-4-1)17-12-7-13-19-14-18(17)16-10-5-2-6-11-16/h1-6,8-11,17-19H,7,12-14H2. The zero-order chi connectivity index (χ0) is 12.9. The smallest absolute Gasteiger partial charge is 0.00322 e. The normalized spacial score (nSPS) is 23.8. The summed E-state index contributed by atoms with van der Waals surface area (Å²) in [5, 5.41) is 3.60. The van der Waals surface area contributed by atoms with Crippen molar-refractivity contribution in [2.75, 3.05) is 13.1 Å². The van der Waals surface area contributed by atoms with E-state index in [4.69, 9.17) is 0 Å². The van der Waals surface area contributed by atoms with Crippen LogP contribution in [0.1, 0.15) is 35.8 Å². The maximum absolute atomic E-state index is 3.60. The van der Waals surface area contributed by atoms with Gasteiger partial charge in [-0.3, -0.25) is 0 Å². The molecule has 2 unspecified atom stereocenters. The number of nitrogens with one attached hydrogen (secondary N) is 1. The molecule has 0 spiro atoms. The van der Waals surface area contributed by atoms with Crippen LogP contribution in [0.3, 0.4) is 0 Å². The molecule has 1 fully saturated rings. The highest BCUT2D eigenvalue weighted by Crippen LogP contribution is 2.37. The maximum Gasteiger partial charge on any atom is 0.00322 e. The summed E-state index contributed by atoms with van der Waals surface area (Å²) in [7, 11) is 0. The second-order valence-electron chi connectivity index (χ2n) is 5.38. The van der Waals surface area contributed by atoms with E-state index in [1.165, 1.54) is 24.0 Å². The lowest BCUT2D eigenvalue weighted by atomic mass is 9.79. The second kappa shape index (κ2) is 6.03. The van der Waals surface area contributed by atoms with E-state index in [-0.39, 0.29) is 0 Å². The summed E-state index contributed by atoms with van der Waals surface area (Å²) >= 11 is 0. The van der Waals surface area contributed by atoms with Gasteiger partial charge in [-0.2, -0.15) is 0 Å². The van der Waals surface area contributed by atoms with Crippen LogP contribution in [0.2, 0.25) is 0 Å². The van der Waals surface area contributed by atoms with Crippen molar-refractivity contribution in [3.63, 3.8) is 0 Å². The largest absolute Gasteiger partial charge is 0.316 e. The first-order valence-corrected chi connectivity index (χ1v) is 7.26. The Hall–Kier alpha value is -1.60. The van der Waals surface area contributed by atoms with E-state index in [2.05, 4.69) is 66.0 Å². The van der Waals surface area contributed by atoms with Crippen molar-refractivity contribution in [2.45, 2.75) is 24.7 Å². The molecule has 2 aromatic carbocycles. The van der Waals surface area contributed by atoms with E-state index >= 15 is 0 Å². The molecule has 1 heteroatoms. The maximum atomic E-state index is 3.60. The number of rotatable bonds is 2. The highest BCUT2D eigenvalue weighted by atomic mass is 14.9. The Morgan fingerprint density at radius 3 is 1.95 bits per heavy atom. The molecule has 98 valence electrons. The zero-order valence-corrected chi connectivity index (χ0v) is 11.3. The Morgan fingerprint density at radius 1 is 0.737 bits per heavy atom. The second-order valence-corrected chi connectivity index (χ2v) is 5.38. The average molecular weight is 251 g/mol. The molecule has 0 aliphatic carbocycles. The van der Waals surface area contributed by atoms with Crippen LogP contribution < -0.4 is 5.32 Å². The van der Waals surface area contributed by atoms with E-state index in [1.807, 2.05) is 0 Å². The van der Waals surface area contributed by atoms with E-state index < -0.39 is 0 Å².